The summed E-state index contributed by atoms with van der Waals surface area (Å²) < 4.78 is 14.9. The molecule has 4 heterocycles. The van der Waals surface area contributed by atoms with E-state index >= 15 is 0 Å². The van der Waals surface area contributed by atoms with Crippen LogP contribution in [0, 0.1) is 6.92 Å². The number of nitrogens with zero attached hydrogens (tertiary/aromatic N) is 7. The van der Waals surface area contributed by atoms with Crippen LogP contribution in [0.15, 0.2) is 24.5 Å². The Labute approximate surface area is 199 Å². The van der Waals surface area contributed by atoms with E-state index in [4.69, 9.17) is 9.47 Å². The molecule has 0 spiro atoms. The van der Waals surface area contributed by atoms with Crippen LogP contribution >= 0.6 is 0 Å². The molecule has 0 unspecified atom stereocenters. The molecule has 10 nitrogen and oxygen atoms in total. The molecule has 0 atom stereocenters. The maximum atomic E-state index is 12.3. The predicted octanol–water partition coefficient (Wildman–Crippen LogP) is 3.17. The lowest BCUT2D eigenvalue weighted by Crippen LogP contribution is -2.55. The maximum Gasteiger partial charge on any atom is 0.410 e. The molecule has 0 aromatic carbocycles. The smallest absolute Gasteiger partial charge is 0.410 e. The van der Waals surface area contributed by atoms with Crippen molar-refractivity contribution in [3.63, 3.8) is 0 Å². The van der Waals surface area contributed by atoms with Gasteiger partial charge in [0.1, 0.15) is 22.6 Å². The third kappa shape index (κ3) is 4.22. The van der Waals surface area contributed by atoms with Gasteiger partial charge < -0.3 is 14.4 Å². The minimum Gasteiger partial charge on any atom is -0.494 e. The van der Waals surface area contributed by atoms with E-state index in [1.165, 1.54) is 0 Å². The number of ether oxygens (including phenoxy) is 2. The number of piperazine rings is 1. The van der Waals surface area contributed by atoms with Crippen molar-refractivity contribution >= 4 is 11.6 Å². The highest BCUT2D eigenvalue weighted by Crippen LogP contribution is 2.38. The molecule has 0 N–H and O–H groups in total. The van der Waals surface area contributed by atoms with Crippen LogP contribution in [-0.2, 0) is 4.74 Å². The van der Waals surface area contributed by atoms with E-state index in [-0.39, 0.29) is 6.09 Å². The number of hydrogen-bond donors (Lipinski definition) is 0. The van der Waals surface area contributed by atoms with E-state index in [0.29, 0.717) is 25.2 Å². The Morgan fingerprint density at radius 2 is 1.85 bits per heavy atom. The molecular formula is C24H33N7O3. The predicted molar refractivity (Wildman–Crippen MR) is 127 cm³/mol. The van der Waals surface area contributed by atoms with Crippen LogP contribution in [-0.4, -0.2) is 85.4 Å². The van der Waals surface area contributed by atoms with E-state index in [1.807, 2.05) is 48.5 Å². The molecule has 3 aromatic rings. The Hall–Kier alpha value is -3.14. The molecule has 0 bridgehead atoms. The van der Waals surface area contributed by atoms with Crippen molar-refractivity contribution < 1.29 is 14.3 Å². The highest BCUT2D eigenvalue weighted by molar-refractivity contribution is 5.70. The van der Waals surface area contributed by atoms with Gasteiger partial charge in [0.25, 0.3) is 0 Å². The third-order valence-electron chi connectivity index (χ3n) is 6.81. The number of methoxy groups -OCH3 is 1. The number of pyridine rings is 1. The second-order valence-corrected chi connectivity index (χ2v) is 10.2. The summed E-state index contributed by atoms with van der Waals surface area (Å²) >= 11 is 0. The summed E-state index contributed by atoms with van der Waals surface area (Å²) in [5.74, 6) is 0.762. The standard InChI is InChI=1S/C24H33N7O3/c1-16-22(17-12-21(33-5)20-6-7-25-30(20)15-17)26-27-31(16)19-13-18(14-19)28-8-10-29(11-9-28)23(32)34-24(2,3)4/h6-7,12,15,18-19H,8-11,13-14H2,1-5H3/t18-,19+. The van der Waals surface area contributed by atoms with E-state index in [2.05, 4.69) is 31.9 Å². The van der Waals surface area contributed by atoms with Crippen molar-refractivity contribution in [1.29, 1.82) is 0 Å². The van der Waals surface area contributed by atoms with Crippen molar-refractivity contribution in [3.05, 3.63) is 30.2 Å². The normalized spacial score (nSPS) is 21.5. The van der Waals surface area contributed by atoms with Crippen molar-refractivity contribution in [1.82, 2.24) is 34.4 Å². The second kappa shape index (κ2) is 8.57. The number of carbonyl (C=O) groups is 1. The lowest BCUT2D eigenvalue weighted by Gasteiger charge is -2.46. The SMILES string of the molecule is COc1cc(-c2nnn([C@H]3C[C@@H](N4CCN(C(=O)OC(C)(C)C)CC4)C3)c2C)cn2nccc12. The molecule has 3 aromatic heterocycles. The summed E-state index contributed by atoms with van der Waals surface area (Å²) in [4.78, 5) is 16.6. The number of fused-ring (bicyclic) bond motifs is 1. The van der Waals surface area contributed by atoms with Crippen LogP contribution in [0.1, 0.15) is 45.3 Å². The van der Waals surface area contributed by atoms with Crippen molar-refractivity contribution in [2.45, 2.75) is 58.2 Å². The zero-order chi connectivity index (χ0) is 24.0. The van der Waals surface area contributed by atoms with Gasteiger partial charge in [0.05, 0.1) is 25.0 Å². The van der Waals surface area contributed by atoms with Crippen molar-refractivity contribution in [2.24, 2.45) is 0 Å². The van der Waals surface area contributed by atoms with Gasteiger partial charge in [-0.05, 0) is 52.7 Å². The lowest BCUT2D eigenvalue weighted by atomic mass is 9.85. The van der Waals surface area contributed by atoms with Crippen LogP contribution in [0.4, 0.5) is 4.79 Å². The van der Waals surface area contributed by atoms with E-state index in [1.54, 1.807) is 13.3 Å². The fourth-order valence-corrected chi connectivity index (χ4v) is 4.90. The molecule has 34 heavy (non-hydrogen) atoms. The number of hydrogen-bond acceptors (Lipinski definition) is 7. The summed E-state index contributed by atoms with van der Waals surface area (Å²) in [5.41, 5.74) is 3.30. The molecule has 1 saturated carbocycles. The van der Waals surface area contributed by atoms with Gasteiger partial charge in [-0.15, -0.1) is 5.10 Å². The summed E-state index contributed by atoms with van der Waals surface area (Å²) in [7, 11) is 1.66. The van der Waals surface area contributed by atoms with Gasteiger partial charge in [-0.25, -0.2) is 14.0 Å². The van der Waals surface area contributed by atoms with Crippen LogP contribution in [0.25, 0.3) is 16.8 Å². The molecule has 2 aliphatic rings. The van der Waals surface area contributed by atoms with Crippen molar-refractivity contribution in [3.8, 4) is 17.0 Å². The zero-order valence-electron chi connectivity index (χ0n) is 20.6. The number of amides is 1. The first-order valence-electron chi connectivity index (χ1n) is 11.9. The number of aromatic nitrogens is 5. The van der Waals surface area contributed by atoms with Gasteiger partial charge in [-0.3, -0.25) is 4.90 Å². The Bertz CT molecular complexity index is 1180. The number of carbonyl (C=O) groups excluding carboxylic acids is 1. The highest BCUT2D eigenvalue weighted by Gasteiger charge is 2.38. The minimum atomic E-state index is -0.459. The maximum absolute atomic E-state index is 12.3. The molecule has 2 fully saturated rings. The van der Waals surface area contributed by atoms with Gasteiger partial charge in [0.2, 0.25) is 0 Å². The van der Waals surface area contributed by atoms with Crippen molar-refractivity contribution in [2.75, 3.05) is 33.3 Å². The molecule has 182 valence electrons. The molecule has 1 aliphatic heterocycles. The van der Waals surface area contributed by atoms with Crippen LogP contribution in [0.5, 0.6) is 5.75 Å². The molecule has 0 radical (unpaired) electrons. The number of rotatable bonds is 4. The molecule has 1 saturated heterocycles. The summed E-state index contributed by atoms with van der Waals surface area (Å²) in [5, 5.41) is 13.3. The van der Waals surface area contributed by atoms with E-state index in [0.717, 1.165) is 54.1 Å². The minimum absolute atomic E-state index is 0.214. The first kappa shape index (κ1) is 22.6. The fourth-order valence-electron chi connectivity index (χ4n) is 4.90. The molecule has 1 amide bonds. The summed E-state index contributed by atoms with van der Waals surface area (Å²) in [6, 6.07) is 4.77. The van der Waals surface area contributed by atoms with Crippen LogP contribution < -0.4 is 4.74 Å². The largest absolute Gasteiger partial charge is 0.494 e. The van der Waals surface area contributed by atoms with Gasteiger partial charge >= 0.3 is 6.09 Å². The Morgan fingerprint density at radius 1 is 1.12 bits per heavy atom. The lowest BCUT2D eigenvalue weighted by molar-refractivity contribution is -0.00172. The fraction of sp³-hybridized carbons (Fsp3) is 0.583. The average Bonchev–Trinajstić information content (AvgIpc) is 3.38. The van der Waals surface area contributed by atoms with Gasteiger partial charge in [0, 0.05) is 44.0 Å². The second-order valence-electron chi connectivity index (χ2n) is 10.2. The highest BCUT2D eigenvalue weighted by atomic mass is 16.6. The molecule has 10 heteroatoms. The van der Waals surface area contributed by atoms with E-state index < -0.39 is 5.60 Å². The topological polar surface area (TPSA) is 90.0 Å². The molecular weight excluding hydrogens is 434 g/mol. The first-order valence-corrected chi connectivity index (χ1v) is 11.9. The summed E-state index contributed by atoms with van der Waals surface area (Å²) in [6.45, 7) is 10.9. The third-order valence-corrected chi connectivity index (χ3v) is 6.81. The average molecular weight is 468 g/mol. The van der Waals surface area contributed by atoms with Gasteiger partial charge in [-0.1, -0.05) is 5.21 Å². The van der Waals surface area contributed by atoms with Gasteiger partial charge in [-0.2, -0.15) is 5.10 Å². The summed E-state index contributed by atoms with van der Waals surface area (Å²) in [6.07, 6.45) is 5.59. The zero-order valence-corrected chi connectivity index (χ0v) is 20.6. The quantitative estimate of drug-likeness (QED) is 0.582. The van der Waals surface area contributed by atoms with Gasteiger partial charge in [0.15, 0.2) is 0 Å². The van der Waals surface area contributed by atoms with E-state index in [9.17, 15) is 4.79 Å². The first-order chi connectivity index (χ1) is 16.2. The Morgan fingerprint density at radius 3 is 2.53 bits per heavy atom. The van der Waals surface area contributed by atoms with Crippen LogP contribution in [0.3, 0.4) is 0 Å². The van der Waals surface area contributed by atoms with Crippen LogP contribution in [0.2, 0.25) is 0 Å². The Kier molecular flexibility index (Phi) is 5.71. The molecule has 1 aliphatic carbocycles. The molecule has 5 rings (SSSR count). The monoisotopic (exact) mass is 467 g/mol. The Balaban J connectivity index is 1.21.